The van der Waals surface area contributed by atoms with E-state index < -0.39 is 8.07 Å². The molecule has 0 fully saturated rings. The van der Waals surface area contributed by atoms with Crippen LogP contribution in [-0.4, -0.2) is 14.0 Å². The summed E-state index contributed by atoms with van der Waals surface area (Å²) < 4.78 is 5.42. The highest BCUT2D eigenvalue weighted by molar-refractivity contribution is 6.77. The first kappa shape index (κ1) is 9.46. The van der Waals surface area contributed by atoms with E-state index in [1.165, 1.54) is 0 Å². The predicted octanol–water partition coefficient (Wildman–Crippen LogP) is 2.78. The Morgan fingerprint density at radius 3 is 2.50 bits per heavy atom. The summed E-state index contributed by atoms with van der Waals surface area (Å²) in [5.41, 5.74) is 1.86. The van der Waals surface area contributed by atoms with Crippen molar-refractivity contribution < 1.29 is 9.53 Å². The number of carbonyl (C=O) groups is 1. The van der Waals surface area contributed by atoms with E-state index in [0.29, 0.717) is 0 Å². The minimum Gasteiger partial charge on any atom is -0.458 e. The summed E-state index contributed by atoms with van der Waals surface area (Å²) in [5.74, 6) is -0.159. The van der Waals surface area contributed by atoms with E-state index in [9.17, 15) is 4.79 Å². The van der Waals surface area contributed by atoms with Gasteiger partial charge in [0.05, 0.1) is 13.6 Å². The van der Waals surface area contributed by atoms with Crippen molar-refractivity contribution in [1.82, 2.24) is 0 Å². The molecule has 74 valence electrons. The molecule has 2 nitrogen and oxygen atoms in total. The van der Waals surface area contributed by atoms with E-state index in [0.717, 1.165) is 11.1 Å². The number of carbonyl (C=O) groups excluding carboxylic acids is 1. The molecular formula is C11H14O2Si. The number of hydrogen-bond donors (Lipinski definition) is 0. The molecule has 1 aliphatic rings. The number of fused-ring (bicyclic) bond motifs is 1. The highest BCUT2D eigenvalue weighted by Crippen LogP contribution is 2.36. The summed E-state index contributed by atoms with van der Waals surface area (Å²) in [7, 11) is -1.46. The molecule has 1 unspecified atom stereocenters. The smallest absolute Gasteiger partial charge is 0.338 e. The molecule has 2 rings (SSSR count). The Kier molecular flexibility index (Phi) is 1.99. The van der Waals surface area contributed by atoms with E-state index in [2.05, 4.69) is 19.6 Å². The van der Waals surface area contributed by atoms with Gasteiger partial charge in [-0.15, -0.1) is 0 Å². The van der Waals surface area contributed by atoms with E-state index in [1.54, 1.807) is 0 Å². The maximum absolute atomic E-state index is 11.5. The third-order valence-corrected chi connectivity index (χ3v) is 4.48. The van der Waals surface area contributed by atoms with Crippen LogP contribution < -0.4 is 0 Å². The van der Waals surface area contributed by atoms with Crippen LogP contribution in [0.15, 0.2) is 24.3 Å². The van der Waals surface area contributed by atoms with Gasteiger partial charge in [0.2, 0.25) is 0 Å². The van der Waals surface area contributed by atoms with E-state index in [4.69, 9.17) is 4.74 Å². The number of cyclic esters (lactones) is 1. The lowest BCUT2D eigenvalue weighted by Gasteiger charge is -2.23. The van der Waals surface area contributed by atoms with E-state index in [-0.39, 0.29) is 11.7 Å². The van der Waals surface area contributed by atoms with Crippen LogP contribution in [-0.2, 0) is 4.74 Å². The first-order valence-electron chi connectivity index (χ1n) is 4.80. The fraction of sp³-hybridized carbons (Fsp3) is 0.364. The lowest BCUT2D eigenvalue weighted by atomic mass is 10.1. The molecule has 0 N–H and O–H groups in total. The number of benzene rings is 1. The second kappa shape index (κ2) is 2.95. The maximum Gasteiger partial charge on any atom is 0.338 e. The van der Waals surface area contributed by atoms with Crippen LogP contribution in [0.2, 0.25) is 19.6 Å². The second-order valence-corrected chi connectivity index (χ2v) is 10.00. The molecule has 1 aliphatic heterocycles. The third kappa shape index (κ3) is 1.37. The van der Waals surface area contributed by atoms with Gasteiger partial charge in [0, 0.05) is 5.56 Å². The average molecular weight is 206 g/mol. The number of rotatable bonds is 1. The molecule has 1 atom stereocenters. The zero-order valence-corrected chi connectivity index (χ0v) is 9.70. The van der Waals surface area contributed by atoms with Crippen molar-refractivity contribution in [2.24, 2.45) is 0 Å². The monoisotopic (exact) mass is 206 g/mol. The Labute approximate surface area is 84.9 Å². The van der Waals surface area contributed by atoms with Crippen molar-refractivity contribution in [1.29, 1.82) is 0 Å². The normalized spacial score (nSPS) is 20.5. The quantitative estimate of drug-likeness (QED) is 0.521. The van der Waals surface area contributed by atoms with E-state index >= 15 is 0 Å². The standard InChI is InChI=1S/C11H14O2Si/c1-14(2,3)11-9-7-5-4-6-8(9)10(12)13-11/h4-7,11H,1-3H3. The van der Waals surface area contributed by atoms with Crippen molar-refractivity contribution in [2.75, 3.05) is 0 Å². The molecule has 0 saturated heterocycles. The lowest BCUT2D eigenvalue weighted by Crippen LogP contribution is -2.30. The molecule has 0 aliphatic carbocycles. The molecule has 1 heterocycles. The maximum atomic E-state index is 11.5. The largest absolute Gasteiger partial charge is 0.458 e. The number of hydrogen-bond acceptors (Lipinski definition) is 2. The molecule has 0 bridgehead atoms. The topological polar surface area (TPSA) is 26.3 Å². The molecule has 1 aromatic rings. The fourth-order valence-electron chi connectivity index (χ4n) is 1.79. The van der Waals surface area contributed by atoms with Gasteiger partial charge in [-0.25, -0.2) is 4.79 Å². The fourth-order valence-corrected chi connectivity index (χ4v) is 3.43. The van der Waals surface area contributed by atoms with Crippen molar-refractivity contribution in [2.45, 2.75) is 25.4 Å². The average Bonchev–Trinajstić information content (AvgIpc) is 2.44. The SMILES string of the molecule is C[Si](C)(C)C1OC(=O)c2ccccc21. The minimum atomic E-state index is -1.46. The Bertz CT molecular complexity index is 379. The molecular weight excluding hydrogens is 192 g/mol. The minimum absolute atomic E-state index is 0.0335. The molecule has 3 heteroatoms. The van der Waals surface area contributed by atoms with Gasteiger partial charge in [-0.05, 0) is 6.07 Å². The number of esters is 1. The second-order valence-electron chi connectivity index (χ2n) is 4.74. The molecule has 1 aromatic carbocycles. The first-order valence-corrected chi connectivity index (χ1v) is 8.38. The highest BCUT2D eigenvalue weighted by atomic mass is 28.3. The van der Waals surface area contributed by atoms with Crippen LogP contribution >= 0.6 is 0 Å². The Hall–Kier alpha value is -1.09. The summed E-state index contributed by atoms with van der Waals surface area (Å²) in [6, 6.07) is 7.70. The van der Waals surface area contributed by atoms with Gasteiger partial charge >= 0.3 is 5.97 Å². The van der Waals surface area contributed by atoms with Crippen LogP contribution in [0.1, 0.15) is 21.6 Å². The van der Waals surface area contributed by atoms with Gasteiger partial charge in [0.25, 0.3) is 0 Å². The first-order chi connectivity index (χ1) is 6.50. The molecule has 0 aromatic heterocycles. The predicted molar refractivity (Wildman–Crippen MR) is 57.9 cm³/mol. The van der Waals surface area contributed by atoms with Crippen LogP contribution in [0, 0.1) is 0 Å². The highest BCUT2D eigenvalue weighted by Gasteiger charge is 2.39. The van der Waals surface area contributed by atoms with Gasteiger partial charge in [0.1, 0.15) is 5.73 Å². The van der Waals surface area contributed by atoms with Crippen molar-refractivity contribution >= 4 is 14.0 Å². The Balaban J connectivity index is 2.50. The van der Waals surface area contributed by atoms with Gasteiger partial charge in [-0.1, -0.05) is 37.8 Å². The van der Waals surface area contributed by atoms with Gasteiger partial charge in [-0.2, -0.15) is 0 Å². The zero-order chi connectivity index (χ0) is 10.3. The lowest BCUT2D eigenvalue weighted by molar-refractivity contribution is 0.0497. The Morgan fingerprint density at radius 1 is 1.21 bits per heavy atom. The summed E-state index contributed by atoms with van der Waals surface area (Å²) in [6.45, 7) is 6.65. The Morgan fingerprint density at radius 2 is 1.86 bits per heavy atom. The molecule has 0 saturated carbocycles. The van der Waals surface area contributed by atoms with Crippen LogP contribution in [0.25, 0.3) is 0 Å². The van der Waals surface area contributed by atoms with Crippen LogP contribution in [0.4, 0.5) is 0 Å². The summed E-state index contributed by atoms with van der Waals surface area (Å²) in [5, 5.41) is 0. The van der Waals surface area contributed by atoms with Gasteiger partial charge in [0.15, 0.2) is 0 Å². The molecule has 14 heavy (non-hydrogen) atoms. The van der Waals surface area contributed by atoms with Crippen molar-refractivity contribution in [3.63, 3.8) is 0 Å². The number of ether oxygens (including phenoxy) is 1. The third-order valence-electron chi connectivity index (χ3n) is 2.47. The molecule has 0 radical (unpaired) electrons. The van der Waals surface area contributed by atoms with Gasteiger partial charge < -0.3 is 4.74 Å². The summed E-state index contributed by atoms with van der Waals surface area (Å²) in [4.78, 5) is 11.5. The molecule has 0 spiro atoms. The zero-order valence-electron chi connectivity index (χ0n) is 8.70. The summed E-state index contributed by atoms with van der Waals surface area (Å²) in [6.07, 6.45) is 0. The van der Waals surface area contributed by atoms with Crippen LogP contribution in [0.5, 0.6) is 0 Å². The summed E-state index contributed by atoms with van der Waals surface area (Å²) >= 11 is 0. The van der Waals surface area contributed by atoms with Crippen molar-refractivity contribution in [3.05, 3.63) is 35.4 Å². The van der Waals surface area contributed by atoms with Gasteiger partial charge in [-0.3, -0.25) is 0 Å². The molecule has 0 amide bonds. The van der Waals surface area contributed by atoms with Crippen LogP contribution in [0.3, 0.4) is 0 Å². The van der Waals surface area contributed by atoms with Crippen molar-refractivity contribution in [3.8, 4) is 0 Å². The van der Waals surface area contributed by atoms with E-state index in [1.807, 2.05) is 24.3 Å².